The van der Waals surface area contributed by atoms with Crippen LogP contribution in [0.25, 0.3) is 11.0 Å². The Morgan fingerprint density at radius 1 is 1.21 bits per heavy atom. The Balaban J connectivity index is 1.71. The standard InChI is InChI=1S/C21H23N5O3/c1-13(2)26-19-14(11-23-26)9-15(10-22-19)20(27)25-12-18(21(28)24(3)4)29-17-8-6-5-7-16(17)25/h5-11,13,18H,12H2,1-4H3. The normalized spacial score (nSPS) is 15.9. The van der Waals surface area contributed by atoms with E-state index < -0.39 is 6.10 Å². The van der Waals surface area contributed by atoms with Gasteiger partial charge < -0.3 is 14.5 Å². The summed E-state index contributed by atoms with van der Waals surface area (Å²) in [6, 6.07) is 9.19. The zero-order chi connectivity index (χ0) is 20.7. The molecule has 8 heteroatoms. The molecule has 4 rings (SSSR count). The molecule has 8 nitrogen and oxygen atoms in total. The number of hydrogen-bond donors (Lipinski definition) is 0. The lowest BCUT2D eigenvalue weighted by molar-refractivity contribution is -0.135. The van der Waals surface area contributed by atoms with Crippen molar-refractivity contribution < 1.29 is 14.3 Å². The lowest BCUT2D eigenvalue weighted by Gasteiger charge is -2.35. The summed E-state index contributed by atoms with van der Waals surface area (Å²) < 4.78 is 7.68. The summed E-state index contributed by atoms with van der Waals surface area (Å²) in [5.74, 6) is 0.0852. The molecule has 0 spiro atoms. The van der Waals surface area contributed by atoms with Crippen molar-refractivity contribution in [3.63, 3.8) is 0 Å². The number of rotatable bonds is 3. The first-order chi connectivity index (χ1) is 13.9. The molecule has 0 bridgehead atoms. The highest BCUT2D eigenvalue weighted by Crippen LogP contribution is 2.34. The van der Waals surface area contributed by atoms with Crippen LogP contribution in [0.1, 0.15) is 30.2 Å². The minimum atomic E-state index is -0.760. The lowest BCUT2D eigenvalue weighted by Crippen LogP contribution is -2.50. The highest BCUT2D eigenvalue weighted by atomic mass is 16.5. The van der Waals surface area contributed by atoms with Crippen molar-refractivity contribution in [2.75, 3.05) is 25.5 Å². The van der Waals surface area contributed by atoms with Crippen LogP contribution in [0.2, 0.25) is 0 Å². The molecule has 0 radical (unpaired) electrons. The predicted molar refractivity (Wildman–Crippen MR) is 109 cm³/mol. The Hall–Kier alpha value is -3.42. The van der Waals surface area contributed by atoms with Crippen molar-refractivity contribution in [1.29, 1.82) is 0 Å². The fourth-order valence-corrected chi connectivity index (χ4v) is 3.43. The van der Waals surface area contributed by atoms with Gasteiger partial charge in [-0.3, -0.25) is 9.59 Å². The maximum Gasteiger partial charge on any atom is 0.265 e. The Morgan fingerprint density at radius 3 is 2.69 bits per heavy atom. The maximum atomic E-state index is 13.4. The van der Waals surface area contributed by atoms with Crippen LogP contribution in [-0.4, -0.2) is 58.2 Å². The minimum absolute atomic E-state index is 0.135. The van der Waals surface area contributed by atoms with Crippen LogP contribution >= 0.6 is 0 Å². The van der Waals surface area contributed by atoms with Crippen LogP contribution in [0.5, 0.6) is 5.75 Å². The highest BCUT2D eigenvalue weighted by molar-refractivity contribution is 6.08. The molecule has 0 saturated carbocycles. The van der Waals surface area contributed by atoms with Crippen LogP contribution in [0, 0.1) is 0 Å². The number of benzene rings is 1. The van der Waals surface area contributed by atoms with Crippen LogP contribution in [-0.2, 0) is 4.79 Å². The second kappa shape index (κ2) is 7.20. The summed E-state index contributed by atoms with van der Waals surface area (Å²) in [7, 11) is 3.34. The molecule has 2 aromatic heterocycles. The Kier molecular flexibility index (Phi) is 4.70. The van der Waals surface area contributed by atoms with E-state index in [1.165, 1.54) is 4.90 Å². The van der Waals surface area contributed by atoms with Gasteiger partial charge in [0.2, 0.25) is 0 Å². The summed E-state index contributed by atoms with van der Waals surface area (Å²) in [5.41, 5.74) is 1.81. The third-order valence-electron chi connectivity index (χ3n) is 4.90. The van der Waals surface area contributed by atoms with E-state index in [-0.39, 0.29) is 24.4 Å². The molecule has 0 fully saturated rings. The number of nitrogens with zero attached hydrogens (tertiary/aromatic N) is 5. The summed E-state index contributed by atoms with van der Waals surface area (Å²) >= 11 is 0. The predicted octanol–water partition coefficient (Wildman–Crippen LogP) is 2.51. The average Bonchev–Trinajstić information content (AvgIpc) is 3.15. The molecule has 1 atom stereocenters. The molecule has 0 aliphatic carbocycles. The second-order valence-electron chi connectivity index (χ2n) is 7.54. The number of fused-ring (bicyclic) bond motifs is 2. The van der Waals surface area contributed by atoms with Crippen LogP contribution in [0.3, 0.4) is 0 Å². The first-order valence-corrected chi connectivity index (χ1v) is 9.49. The number of carbonyl (C=O) groups excluding carboxylic acids is 2. The van der Waals surface area contributed by atoms with E-state index in [1.54, 1.807) is 43.5 Å². The van der Waals surface area contributed by atoms with Gasteiger partial charge in [-0.25, -0.2) is 9.67 Å². The first kappa shape index (κ1) is 18.9. The summed E-state index contributed by atoms with van der Waals surface area (Å²) in [4.78, 5) is 33.4. The number of para-hydroxylation sites is 2. The van der Waals surface area contributed by atoms with E-state index in [1.807, 2.05) is 36.7 Å². The van der Waals surface area contributed by atoms with Gasteiger partial charge in [-0.15, -0.1) is 0 Å². The van der Waals surface area contributed by atoms with Gasteiger partial charge in [0.15, 0.2) is 11.8 Å². The van der Waals surface area contributed by atoms with E-state index in [4.69, 9.17) is 4.74 Å². The topological polar surface area (TPSA) is 80.6 Å². The smallest absolute Gasteiger partial charge is 0.265 e. The Morgan fingerprint density at radius 2 is 1.97 bits per heavy atom. The number of likely N-dealkylation sites (N-methyl/N-ethyl adjacent to an activating group) is 1. The highest BCUT2D eigenvalue weighted by Gasteiger charge is 2.35. The quantitative estimate of drug-likeness (QED) is 0.683. The van der Waals surface area contributed by atoms with Crippen molar-refractivity contribution in [3.05, 3.63) is 48.3 Å². The number of anilines is 1. The monoisotopic (exact) mass is 393 g/mol. The molecule has 2 amide bonds. The molecule has 150 valence electrons. The molecule has 29 heavy (non-hydrogen) atoms. The number of ether oxygens (including phenoxy) is 1. The number of carbonyl (C=O) groups is 2. The van der Waals surface area contributed by atoms with Gasteiger partial charge in [-0.1, -0.05) is 12.1 Å². The zero-order valence-electron chi connectivity index (χ0n) is 16.9. The fraction of sp³-hybridized carbons (Fsp3) is 0.333. The minimum Gasteiger partial charge on any atom is -0.476 e. The van der Waals surface area contributed by atoms with E-state index in [0.29, 0.717) is 17.0 Å². The molecule has 1 aliphatic rings. The largest absolute Gasteiger partial charge is 0.476 e. The number of amides is 2. The van der Waals surface area contributed by atoms with Crippen molar-refractivity contribution in [1.82, 2.24) is 19.7 Å². The van der Waals surface area contributed by atoms with E-state index in [9.17, 15) is 9.59 Å². The molecule has 1 unspecified atom stereocenters. The van der Waals surface area contributed by atoms with Gasteiger partial charge >= 0.3 is 0 Å². The molecular formula is C21H23N5O3. The van der Waals surface area contributed by atoms with Crippen molar-refractivity contribution in [2.24, 2.45) is 0 Å². The first-order valence-electron chi connectivity index (χ1n) is 9.49. The molecule has 1 aliphatic heterocycles. The Labute approximate surface area is 168 Å². The number of aromatic nitrogens is 3. The van der Waals surface area contributed by atoms with E-state index in [0.717, 1.165) is 11.0 Å². The summed E-state index contributed by atoms with van der Waals surface area (Å²) in [6.45, 7) is 4.19. The molecule has 3 aromatic rings. The van der Waals surface area contributed by atoms with Crippen molar-refractivity contribution in [3.8, 4) is 5.75 Å². The number of hydrogen-bond acceptors (Lipinski definition) is 5. The van der Waals surface area contributed by atoms with Crippen molar-refractivity contribution in [2.45, 2.75) is 26.0 Å². The fourth-order valence-electron chi connectivity index (χ4n) is 3.43. The van der Waals surface area contributed by atoms with Gasteiger partial charge in [0, 0.05) is 31.7 Å². The lowest BCUT2D eigenvalue weighted by atomic mass is 10.1. The van der Waals surface area contributed by atoms with E-state index in [2.05, 4.69) is 10.1 Å². The van der Waals surface area contributed by atoms with Crippen LogP contribution in [0.4, 0.5) is 5.69 Å². The molecule has 3 heterocycles. The summed E-state index contributed by atoms with van der Waals surface area (Å²) in [5, 5.41) is 5.16. The maximum absolute atomic E-state index is 13.4. The number of pyridine rings is 1. The van der Waals surface area contributed by atoms with Crippen LogP contribution in [0.15, 0.2) is 42.7 Å². The van der Waals surface area contributed by atoms with Crippen LogP contribution < -0.4 is 9.64 Å². The molecule has 1 aromatic carbocycles. The SMILES string of the molecule is CC(C)n1ncc2cc(C(=O)N3CC(C(=O)N(C)C)Oc4ccccc43)cnc21. The van der Waals surface area contributed by atoms with Crippen molar-refractivity contribution >= 4 is 28.5 Å². The van der Waals surface area contributed by atoms with Gasteiger partial charge in [-0.2, -0.15) is 5.10 Å². The van der Waals surface area contributed by atoms with Gasteiger partial charge in [0.25, 0.3) is 11.8 Å². The average molecular weight is 393 g/mol. The third-order valence-corrected chi connectivity index (χ3v) is 4.90. The molecule has 0 N–H and O–H groups in total. The van der Waals surface area contributed by atoms with Gasteiger partial charge in [-0.05, 0) is 32.0 Å². The van der Waals surface area contributed by atoms with Gasteiger partial charge in [0.1, 0.15) is 5.75 Å². The Bertz CT molecular complexity index is 1090. The zero-order valence-corrected chi connectivity index (χ0v) is 16.9. The van der Waals surface area contributed by atoms with Gasteiger partial charge in [0.05, 0.1) is 24.0 Å². The second-order valence-corrected chi connectivity index (χ2v) is 7.54. The molecule has 0 saturated heterocycles. The third kappa shape index (κ3) is 3.30. The van der Waals surface area contributed by atoms with E-state index >= 15 is 0 Å². The summed E-state index contributed by atoms with van der Waals surface area (Å²) in [6.07, 6.45) is 2.51. The molecular weight excluding hydrogens is 370 g/mol.